The minimum absolute atomic E-state index is 0.234. The Morgan fingerprint density at radius 1 is 1.21 bits per heavy atom. The molecule has 0 saturated heterocycles. The van der Waals surface area contributed by atoms with Gasteiger partial charge in [0.05, 0.1) is 17.7 Å². The zero-order valence-electron chi connectivity index (χ0n) is 9.10. The van der Waals surface area contributed by atoms with Crippen LogP contribution in [0.1, 0.15) is 20.8 Å². The van der Waals surface area contributed by atoms with Gasteiger partial charge in [0.25, 0.3) is 0 Å². The molecule has 3 nitrogen and oxygen atoms in total. The van der Waals surface area contributed by atoms with Crippen LogP contribution in [0.5, 0.6) is 0 Å². The van der Waals surface area contributed by atoms with E-state index in [9.17, 15) is 0 Å². The van der Waals surface area contributed by atoms with Gasteiger partial charge in [-0.05, 0) is 20.8 Å². The highest BCUT2D eigenvalue weighted by Gasteiger charge is 2.43. The largest absolute Gasteiger partial charge is 0.516 e. The average molecular weight is 261 g/mol. The van der Waals surface area contributed by atoms with Gasteiger partial charge in [-0.1, -0.05) is 0 Å². The molecule has 0 heterocycles. The van der Waals surface area contributed by atoms with E-state index in [1.807, 2.05) is 20.8 Å². The summed E-state index contributed by atoms with van der Waals surface area (Å²) in [5.41, 5.74) is -0.0961. The maximum Gasteiger partial charge on any atom is 0.516 e. The fourth-order valence-electron chi connectivity index (χ4n) is 0.911. The number of hydrogen-bond donors (Lipinski definition) is 0. The molecule has 0 aliphatic heterocycles. The second kappa shape index (κ2) is 6.30. The highest BCUT2D eigenvalue weighted by atomic mass is 35.5. The molecule has 0 aliphatic rings. The summed E-state index contributed by atoms with van der Waals surface area (Å²) in [5, 5.41) is 0. The molecule has 0 saturated carbocycles. The van der Waals surface area contributed by atoms with Gasteiger partial charge in [0.2, 0.25) is 0 Å². The molecule has 0 aromatic heterocycles. The third-order valence-electron chi connectivity index (χ3n) is 1.34. The molecule has 0 spiro atoms. The summed E-state index contributed by atoms with van der Waals surface area (Å²) >= 11 is 11.3. The summed E-state index contributed by atoms with van der Waals surface area (Å²) in [6.45, 7) is 6.20. The molecule has 0 bridgehead atoms. The molecule has 0 fully saturated rings. The van der Waals surface area contributed by atoms with E-state index in [-0.39, 0.29) is 11.1 Å². The van der Waals surface area contributed by atoms with Crippen LogP contribution < -0.4 is 0 Å². The predicted molar refractivity (Wildman–Crippen MR) is 61.0 cm³/mol. The number of alkyl halides is 2. The molecule has 0 amide bonds. The number of rotatable bonds is 6. The summed E-state index contributed by atoms with van der Waals surface area (Å²) < 4.78 is 16.5. The predicted octanol–water partition coefficient (Wildman–Crippen LogP) is 2.42. The Morgan fingerprint density at radius 3 is 2.07 bits per heavy atom. The van der Waals surface area contributed by atoms with Gasteiger partial charge in [-0.15, -0.1) is 23.2 Å². The summed E-state index contributed by atoms with van der Waals surface area (Å²) in [6, 6.07) is 0. The first-order chi connectivity index (χ1) is 6.39. The van der Waals surface area contributed by atoms with E-state index in [1.165, 1.54) is 0 Å². The lowest BCUT2D eigenvalue weighted by Crippen LogP contribution is -2.52. The van der Waals surface area contributed by atoms with Crippen LogP contribution in [0.25, 0.3) is 0 Å². The fourth-order valence-corrected chi connectivity index (χ4v) is 3.69. The van der Waals surface area contributed by atoms with E-state index < -0.39 is 8.80 Å². The van der Waals surface area contributed by atoms with Gasteiger partial charge in [0, 0.05) is 13.0 Å². The smallest absolute Gasteiger partial charge is 0.376 e. The second-order valence-corrected chi connectivity index (χ2v) is 7.49. The van der Waals surface area contributed by atoms with Gasteiger partial charge >= 0.3 is 8.80 Å². The van der Waals surface area contributed by atoms with Crippen molar-refractivity contribution >= 4 is 32.0 Å². The van der Waals surface area contributed by atoms with Gasteiger partial charge in [-0.3, -0.25) is 0 Å². The average Bonchev–Trinajstić information content (AvgIpc) is 2.10. The minimum Gasteiger partial charge on any atom is -0.376 e. The molecular formula is C8H18Cl2O3Si. The van der Waals surface area contributed by atoms with Crippen LogP contribution in [-0.4, -0.2) is 39.5 Å². The van der Waals surface area contributed by atoms with Crippen LogP contribution in [0.4, 0.5) is 0 Å². The molecule has 1 unspecified atom stereocenters. The van der Waals surface area contributed by atoms with Gasteiger partial charge in [0.15, 0.2) is 0 Å². The molecule has 0 aliphatic carbocycles. The van der Waals surface area contributed by atoms with E-state index >= 15 is 0 Å². The Hall–Kier alpha value is 0.677. The van der Waals surface area contributed by atoms with Crippen molar-refractivity contribution in [2.45, 2.75) is 26.4 Å². The normalized spacial score (nSPS) is 16.7. The van der Waals surface area contributed by atoms with E-state index in [0.29, 0.717) is 12.5 Å². The Bertz CT molecular complexity index is 157. The van der Waals surface area contributed by atoms with E-state index in [4.69, 9.17) is 36.5 Å². The Morgan fingerprint density at radius 2 is 1.79 bits per heavy atom. The van der Waals surface area contributed by atoms with Crippen molar-refractivity contribution in [3.63, 3.8) is 0 Å². The lowest BCUT2D eigenvalue weighted by atomic mass is 10.2. The van der Waals surface area contributed by atoms with Crippen LogP contribution in [0.3, 0.4) is 0 Å². The quantitative estimate of drug-likeness (QED) is 0.543. The van der Waals surface area contributed by atoms with Crippen LogP contribution in [0.2, 0.25) is 0 Å². The molecule has 0 aromatic carbocycles. The lowest BCUT2D eigenvalue weighted by molar-refractivity contribution is 0.0123. The Balaban J connectivity index is 4.36. The van der Waals surface area contributed by atoms with Crippen molar-refractivity contribution in [2.75, 3.05) is 25.1 Å². The van der Waals surface area contributed by atoms with Crippen molar-refractivity contribution in [1.29, 1.82) is 0 Å². The van der Waals surface area contributed by atoms with Gasteiger partial charge in [-0.2, -0.15) is 0 Å². The Kier molecular flexibility index (Phi) is 6.61. The molecule has 0 aromatic rings. The van der Waals surface area contributed by atoms with Crippen LogP contribution >= 0.6 is 23.2 Å². The molecule has 86 valence electrons. The van der Waals surface area contributed by atoms with Crippen molar-refractivity contribution < 1.29 is 13.3 Å². The third kappa shape index (κ3) is 5.53. The first kappa shape index (κ1) is 14.7. The molecule has 0 rings (SSSR count). The summed E-state index contributed by atoms with van der Waals surface area (Å²) in [5.74, 6) is 0.405. The van der Waals surface area contributed by atoms with Gasteiger partial charge in [-0.25, -0.2) is 0 Å². The van der Waals surface area contributed by atoms with Gasteiger partial charge < -0.3 is 13.3 Å². The molecule has 0 N–H and O–H groups in total. The lowest BCUT2D eigenvalue weighted by Gasteiger charge is -2.33. The van der Waals surface area contributed by atoms with Crippen LogP contribution in [-0.2, 0) is 13.3 Å². The Labute approximate surface area is 97.0 Å². The van der Waals surface area contributed by atoms with Crippen molar-refractivity contribution in [3.05, 3.63) is 0 Å². The van der Waals surface area contributed by atoms with E-state index in [2.05, 4.69) is 0 Å². The first-order valence-electron chi connectivity index (χ1n) is 4.40. The summed E-state index contributed by atoms with van der Waals surface area (Å²) in [7, 11) is -1.17. The van der Waals surface area contributed by atoms with Crippen molar-refractivity contribution in [3.8, 4) is 0 Å². The van der Waals surface area contributed by atoms with Crippen molar-refractivity contribution in [1.82, 2.24) is 0 Å². The van der Waals surface area contributed by atoms with Gasteiger partial charge in [0.1, 0.15) is 0 Å². The fraction of sp³-hybridized carbons (Fsp3) is 1.00. The summed E-state index contributed by atoms with van der Waals surface area (Å²) in [4.78, 5) is 0. The molecule has 0 radical (unpaired) electrons. The third-order valence-corrected chi connectivity index (χ3v) is 4.99. The standard InChI is InChI=1S/C8H18Cl2O3Si/c1-8(2,3)13-14(7-10,11-4)12-6-5-9/h5-7H2,1-4H3. The summed E-state index contributed by atoms with van der Waals surface area (Å²) in [6.07, 6.45) is 0. The topological polar surface area (TPSA) is 27.7 Å². The van der Waals surface area contributed by atoms with Crippen molar-refractivity contribution in [2.24, 2.45) is 0 Å². The molecule has 6 heteroatoms. The minimum atomic E-state index is -2.72. The molecular weight excluding hydrogens is 243 g/mol. The SMILES string of the molecule is CO[Si](CCl)(OCCCl)OC(C)(C)C. The monoisotopic (exact) mass is 260 g/mol. The zero-order valence-corrected chi connectivity index (χ0v) is 11.6. The van der Waals surface area contributed by atoms with E-state index in [0.717, 1.165) is 0 Å². The van der Waals surface area contributed by atoms with Crippen LogP contribution in [0.15, 0.2) is 0 Å². The molecule has 1 atom stereocenters. The van der Waals surface area contributed by atoms with E-state index in [1.54, 1.807) is 7.11 Å². The van der Waals surface area contributed by atoms with Crippen LogP contribution in [0, 0.1) is 0 Å². The highest BCUT2D eigenvalue weighted by molar-refractivity contribution is 6.69. The maximum absolute atomic E-state index is 5.81. The number of hydrogen-bond acceptors (Lipinski definition) is 3. The zero-order chi connectivity index (χ0) is 11.2. The maximum atomic E-state index is 5.81. The molecule has 14 heavy (non-hydrogen) atoms. The number of halogens is 2. The first-order valence-corrected chi connectivity index (χ1v) is 7.40. The second-order valence-electron chi connectivity index (χ2n) is 3.77. The highest BCUT2D eigenvalue weighted by Crippen LogP contribution is 2.19.